The molecule has 32 heavy (non-hydrogen) atoms. The van der Waals surface area contributed by atoms with E-state index in [1.165, 1.54) is 31.7 Å². The number of hydrogen-bond donors (Lipinski definition) is 3. The second-order valence-electron chi connectivity index (χ2n) is 8.37. The van der Waals surface area contributed by atoms with Gasteiger partial charge in [-0.25, -0.2) is 0 Å². The Hall–Kier alpha value is -2.73. The molecule has 1 unspecified atom stereocenters. The van der Waals surface area contributed by atoms with E-state index in [9.17, 15) is 9.90 Å². The number of phenols is 1. The molecule has 0 spiro atoms. The number of ether oxygens (including phenoxy) is 2. The molecule has 1 saturated carbocycles. The molecule has 3 rings (SSSR count). The molecule has 1 fully saturated rings. The van der Waals surface area contributed by atoms with Crippen molar-refractivity contribution in [2.24, 2.45) is 5.92 Å². The van der Waals surface area contributed by atoms with Crippen LogP contribution in [0.4, 0.5) is 0 Å². The number of methoxy groups -OCH3 is 1. The lowest BCUT2D eigenvalue weighted by molar-refractivity contribution is 0.0950. The second kappa shape index (κ2) is 13.0. The Balaban J connectivity index is 1.38. The molecule has 1 atom stereocenters. The van der Waals surface area contributed by atoms with E-state index in [0.717, 1.165) is 43.2 Å². The van der Waals surface area contributed by atoms with Crippen LogP contribution >= 0.6 is 0 Å². The standard InChI is InChI=1S/C26H36N2O4/c1-31-24-15-6-7-16-25(24)32-19-18-27-22(20-10-2-3-11-20)13-8-9-17-28-26(30)21-12-4-5-14-23(21)29/h4-7,12,14-16,20,22,27,29H,2-3,8-11,13,17-19H2,1H3,(H,28,30). The summed E-state index contributed by atoms with van der Waals surface area (Å²) < 4.78 is 11.2. The molecule has 0 saturated heterocycles. The van der Waals surface area contributed by atoms with Gasteiger partial charge in [-0.2, -0.15) is 0 Å². The highest BCUT2D eigenvalue weighted by atomic mass is 16.5. The first-order chi connectivity index (χ1) is 15.7. The highest BCUT2D eigenvalue weighted by Crippen LogP contribution is 2.30. The quantitative estimate of drug-likeness (QED) is 0.399. The van der Waals surface area contributed by atoms with Gasteiger partial charge >= 0.3 is 0 Å². The minimum atomic E-state index is -0.220. The number of carbonyl (C=O) groups is 1. The maximum absolute atomic E-state index is 12.2. The van der Waals surface area contributed by atoms with Gasteiger partial charge in [0, 0.05) is 19.1 Å². The Morgan fingerprint density at radius 3 is 2.50 bits per heavy atom. The van der Waals surface area contributed by atoms with Crippen LogP contribution in [0.1, 0.15) is 55.3 Å². The van der Waals surface area contributed by atoms with Gasteiger partial charge in [0.05, 0.1) is 12.7 Å². The maximum atomic E-state index is 12.2. The highest BCUT2D eigenvalue weighted by molar-refractivity contribution is 5.96. The van der Waals surface area contributed by atoms with E-state index in [2.05, 4.69) is 10.6 Å². The molecular weight excluding hydrogens is 404 g/mol. The fourth-order valence-corrected chi connectivity index (χ4v) is 4.46. The molecule has 0 heterocycles. The van der Waals surface area contributed by atoms with Crippen LogP contribution in [0.3, 0.4) is 0 Å². The molecule has 0 aliphatic heterocycles. The van der Waals surface area contributed by atoms with Crippen molar-refractivity contribution in [3.63, 3.8) is 0 Å². The zero-order chi connectivity index (χ0) is 22.6. The van der Waals surface area contributed by atoms with Crippen LogP contribution in [-0.4, -0.2) is 43.9 Å². The fraction of sp³-hybridized carbons (Fsp3) is 0.500. The molecule has 1 aliphatic rings. The van der Waals surface area contributed by atoms with E-state index in [4.69, 9.17) is 9.47 Å². The molecule has 6 heteroatoms. The average Bonchev–Trinajstić information content (AvgIpc) is 3.35. The normalized spacial score (nSPS) is 14.8. The third-order valence-corrected chi connectivity index (χ3v) is 6.18. The summed E-state index contributed by atoms with van der Waals surface area (Å²) in [6, 6.07) is 14.8. The van der Waals surface area contributed by atoms with Gasteiger partial charge in [0.1, 0.15) is 12.4 Å². The number of rotatable bonds is 13. The molecule has 174 valence electrons. The Labute approximate surface area is 191 Å². The van der Waals surface area contributed by atoms with Crippen LogP contribution < -0.4 is 20.1 Å². The second-order valence-corrected chi connectivity index (χ2v) is 8.37. The third-order valence-electron chi connectivity index (χ3n) is 6.18. The summed E-state index contributed by atoms with van der Waals surface area (Å²) in [4.78, 5) is 12.2. The van der Waals surface area contributed by atoms with Crippen molar-refractivity contribution in [1.82, 2.24) is 10.6 Å². The smallest absolute Gasteiger partial charge is 0.255 e. The number of benzene rings is 2. The van der Waals surface area contributed by atoms with Gasteiger partial charge in [-0.3, -0.25) is 4.79 Å². The SMILES string of the molecule is COc1ccccc1OCCNC(CCCCNC(=O)c1ccccc1O)C1CCCC1. The predicted molar refractivity (Wildman–Crippen MR) is 127 cm³/mol. The van der Waals surface area contributed by atoms with Crippen LogP contribution in [0.5, 0.6) is 17.2 Å². The zero-order valence-electron chi connectivity index (χ0n) is 19.0. The minimum Gasteiger partial charge on any atom is -0.507 e. The van der Waals surface area contributed by atoms with Crippen molar-refractivity contribution >= 4 is 5.91 Å². The molecule has 0 radical (unpaired) electrons. The summed E-state index contributed by atoms with van der Waals surface area (Å²) in [5, 5.41) is 16.4. The molecular formula is C26H36N2O4. The summed E-state index contributed by atoms with van der Waals surface area (Å²) in [6.45, 7) is 2.00. The number of nitrogens with one attached hydrogen (secondary N) is 2. The molecule has 6 nitrogen and oxygen atoms in total. The Morgan fingerprint density at radius 2 is 1.75 bits per heavy atom. The van der Waals surface area contributed by atoms with Crippen molar-refractivity contribution in [3.8, 4) is 17.2 Å². The van der Waals surface area contributed by atoms with Crippen molar-refractivity contribution in [2.75, 3.05) is 26.8 Å². The topological polar surface area (TPSA) is 79.8 Å². The lowest BCUT2D eigenvalue weighted by Crippen LogP contribution is -2.38. The van der Waals surface area contributed by atoms with Crippen LogP contribution in [0.2, 0.25) is 0 Å². The summed E-state index contributed by atoms with van der Waals surface area (Å²) in [5.74, 6) is 2.05. The summed E-state index contributed by atoms with van der Waals surface area (Å²) in [5.41, 5.74) is 0.327. The molecule has 3 N–H and O–H groups in total. The van der Waals surface area contributed by atoms with Gasteiger partial charge in [-0.05, 0) is 55.9 Å². The first-order valence-electron chi connectivity index (χ1n) is 11.7. The largest absolute Gasteiger partial charge is 0.507 e. The fourth-order valence-electron chi connectivity index (χ4n) is 4.46. The Bertz CT molecular complexity index is 836. The summed E-state index contributed by atoms with van der Waals surface area (Å²) in [6.07, 6.45) is 8.26. The molecule has 2 aromatic rings. The van der Waals surface area contributed by atoms with Crippen LogP contribution in [-0.2, 0) is 0 Å². The average molecular weight is 441 g/mol. The molecule has 1 aliphatic carbocycles. The maximum Gasteiger partial charge on any atom is 0.255 e. The van der Waals surface area contributed by atoms with Crippen LogP contribution in [0, 0.1) is 5.92 Å². The highest BCUT2D eigenvalue weighted by Gasteiger charge is 2.24. The zero-order valence-corrected chi connectivity index (χ0v) is 19.0. The monoisotopic (exact) mass is 440 g/mol. The lowest BCUT2D eigenvalue weighted by atomic mass is 9.93. The summed E-state index contributed by atoms with van der Waals surface area (Å²) >= 11 is 0. The van der Waals surface area contributed by atoms with E-state index in [1.807, 2.05) is 24.3 Å². The van der Waals surface area contributed by atoms with E-state index in [1.54, 1.807) is 25.3 Å². The van der Waals surface area contributed by atoms with Crippen LogP contribution in [0.25, 0.3) is 0 Å². The van der Waals surface area contributed by atoms with Gasteiger partial charge in [0.2, 0.25) is 0 Å². The van der Waals surface area contributed by atoms with E-state index in [0.29, 0.717) is 24.8 Å². The van der Waals surface area contributed by atoms with Gasteiger partial charge in [0.25, 0.3) is 5.91 Å². The third kappa shape index (κ3) is 7.16. The molecule has 0 bridgehead atoms. The summed E-state index contributed by atoms with van der Waals surface area (Å²) in [7, 11) is 1.65. The number of para-hydroxylation sites is 3. The number of hydrogen-bond acceptors (Lipinski definition) is 5. The van der Waals surface area contributed by atoms with Crippen molar-refractivity contribution < 1.29 is 19.4 Å². The van der Waals surface area contributed by atoms with Crippen molar-refractivity contribution in [1.29, 1.82) is 0 Å². The van der Waals surface area contributed by atoms with Crippen molar-refractivity contribution in [3.05, 3.63) is 54.1 Å². The van der Waals surface area contributed by atoms with Crippen LogP contribution in [0.15, 0.2) is 48.5 Å². The number of carbonyl (C=O) groups excluding carboxylic acids is 1. The van der Waals surface area contributed by atoms with Crippen molar-refractivity contribution in [2.45, 2.75) is 51.0 Å². The van der Waals surface area contributed by atoms with Gasteiger partial charge in [-0.1, -0.05) is 43.5 Å². The van der Waals surface area contributed by atoms with Gasteiger partial charge in [-0.15, -0.1) is 0 Å². The lowest BCUT2D eigenvalue weighted by Gasteiger charge is -2.25. The van der Waals surface area contributed by atoms with E-state index >= 15 is 0 Å². The number of unbranched alkanes of at least 4 members (excludes halogenated alkanes) is 1. The minimum absolute atomic E-state index is 0.0193. The number of amides is 1. The van der Waals surface area contributed by atoms with Gasteiger partial charge < -0.3 is 25.2 Å². The van der Waals surface area contributed by atoms with E-state index < -0.39 is 0 Å². The first-order valence-corrected chi connectivity index (χ1v) is 11.7. The molecule has 1 amide bonds. The van der Waals surface area contributed by atoms with E-state index in [-0.39, 0.29) is 11.7 Å². The number of aromatic hydroxyl groups is 1. The Morgan fingerprint density at radius 1 is 1.03 bits per heavy atom. The Kier molecular flexibility index (Phi) is 9.69. The molecule has 2 aromatic carbocycles. The number of phenolic OH excluding ortho intramolecular Hbond substituents is 1. The van der Waals surface area contributed by atoms with Gasteiger partial charge in [0.15, 0.2) is 11.5 Å². The predicted octanol–water partition coefficient (Wildman–Crippen LogP) is 4.53. The molecule has 0 aromatic heterocycles. The first kappa shape index (κ1) is 23.9.